The minimum atomic E-state index is -0.372. The molecule has 0 N–H and O–H groups in total. The molecule has 0 radical (unpaired) electrons. The Hall–Kier alpha value is -0.0301. The Balaban J connectivity index is 1.24. The second kappa shape index (κ2) is 4.58. The van der Waals surface area contributed by atoms with Gasteiger partial charge < -0.3 is 18.6 Å². The average Bonchev–Trinajstić information content (AvgIpc) is 3.09. The molecule has 0 amide bonds. The van der Waals surface area contributed by atoms with E-state index >= 15 is 0 Å². The third-order valence-corrected chi connectivity index (χ3v) is 10.2. The molecule has 26 heavy (non-hydrogen) atoms. The molecule has 0 aromatic rings. The zero-order valence-electron chi connectivity index (χ0n) is 17.1. The molecule has 2 saturated heterocycles. The lowest BCUT2D eigenvalue weighted by atomic mass is 9.43. The van der Waals surface area contributed by atoms with Crippen LogP contribution in [0.5, 0.6) is 0 Å². The van der Waals surface area contributed by atoms with E-state index in [0.29, 0.717) is 22.7 Å². The Morgan fingerprint density at radius 3 is 1.35 bits per heavy atom. The minimum absolute atomic E-state index is 0.189. The van der Waals surface area contributed by atoms with Crippen LogP contribution in [0.2, 0.25) is 0 Å². The van der Waals surface area contributed by atoms with Gasteiger partial charge in [0.05, 0.1) is 23.4 Å². The topological polar surface area (TPSA) is 36.9 Å². The number of hydrogen-bond donors (Lipinski definition) is 0. The Morgan fingerprint density at radius 1 is 0.615 bits per heavy atom. The van der Waals surface area contributed by atoms with Crippen molar-refractivity contribution < 1.29 is 18.6 Å². The van der Waals surface area contributed by atoms with E-state index in [2.05, 4.69) is 41.5 Å². The van der Waals surface area contributed by atoms with Crippen molar-refractivity contribution in [3.8, 4) is 0 Å². The fraction of sp³-hybridized carbons (Fsp3) is 1.00. The Morgan fingerprint density at radius 2 is 1.00 bits per heavy atom. The van der Waals surface area contributed by atoms with Crippen molar-refractivity contribution in [3.05, 3.63) is 0 Å². The minimum Gasteiger partial charge on any atom is -0.407 e. The highest BCUT2D eigenvalue weighted by molar-refractivity contribution is 7.11. The maximum Gasteiger partial charge on any atom is 0.488 e. The van der Waals surface area contributed by atoms with Crippen LogP contribution >= 0.6 is 0 Å². The molecule has 8 atom stereocenters. The van der Waals surface area contributed by atoms with Gasteiger partial charge in [-0.3, -0.25) is 0 Å². The smallest absolute Gasteiger partial charge is 0.407 e. The maximum atomic E-state index is 6.60. The van der Waals surface area contributed by atoms with Gasteiger partial charge in [0.2, 0.25) is 0 Å². The van der Waals surface area contributed by atoms with Gasteiger partial charge in [0.25, 0.3) is 0 Å². The van der Waals surface area contributed by atoms with E-state index < -0.39 is 0 Å². The monoisotopic (exact) mass is 358 g/mol. The Labute approximate surface area is 158 Å². The summed E-state index contributed by atoms with van der Waals surface area (Å²) in [6.45, 7) is 14.1. The normalized spacial score (nSPS) is 57.9. The van der Waals surface area contributed by atoms with Crippen LogP contribution in [0, 0.1) is 34.5 Å². The number of rotatable bonds is 1. The van der Waals surface area contributed by atoms with Gasteiger partial charge in [0, 0.05) is 0 Å². The largest absolute Gasteiger partial charge is 0.488 e. The summed E-state index contributed by atoms with van der Waals surface area (Å²) in [5.74, 6) is 2.70. The molecule has 0 spiro atoms. The van der Waals surface area contributed by atoms with Gasteiger partial charge in [-0.15, -0.1) is 0 Å². The first-order valence-electron chi connectivity index (χ1n) is 10.7. The van der Waals surface area contributed by atoms with Crippen LogP contribution < -0.4 is 0 Å². The van der Waals surface area contributed by atoms with Gasteiger partial charge in [-0.05, 0) is 74.0 Å². The fourth-order valence-corrected chi connectivity index (χ4v) is 8.03. The molecule has 8 aliphatic rings. The van der Waals surface area contributed by atoms with E-state index in [4.69, 9.17) is 18.6 Å². The molecule has 0 aromatic carbocycles. The molecule has 6 heteroatoms. The summed E-state index contributed by atoms with van der Waals surface area (Å²) in [5, 5.41) is 0. The molecule has 8 rings (SSSR count). The second-order valence-electron chi connectivity index (χ2n) is 11.7. The predicted molar refractivity (Wildman–Crippen MR) is 100 cm³/mol. The molecule has 4 bridgehead atoms. The summed E-state index contributed by atoms with van der Waals surface area (Å²) in [5.41, 5.74) is 0.357. The lowest BCUT2D eigenvalue weighted by Gasteiger charge is -2.64. The third-order valence-electron chi connectivity index (χ3n) is 10.2. The summed E-state index contributed by atoms with van der Waals surface area (Å²) in [6, 6.07) is 0. The van der Waals surface area contributed by atoms with Gasteiger partial charge in [-0.1, -0.05) is 27.7 Å². The first kappa shape index (κ1) is 16.9. The van der Waals surface area contributed by atoms with Crippen LogP contribution in [0.25, 0.3) is 0 Å². The quantitative estimate of drug-likeness (QED) is 0.673. The third kappa shape index (κ3) is 1.71. The van der Waals surface area contributed by atoms with Crippen LogP contribution in [-0.2, 0) is 18.6 Å². The average molecular weight is 358 g/mol. The highest BCUT2D eigenvalue weighted by Gasteiger charge is 2.73. The summed E-state index contributed by atoms with van der Waals surface area (Å²) < 4.78 is 26.1. The summed E-state index contributed by atoms with van der Waals surface area (Å²) in [6.07, 6.45) is 5.17. The van der Waals surface area contributed by atoms with Crippen LogP contribution in [0.4, 0.5) is 0 Å². The van der Waals surface area contributed by atoms with Crippen molar-refractivity contribution in [2.24, 2.45) is 34.5 Å². The molecule has 4 nitrogen and oxygen atoms in total. The fourth-order valence-electron chi connectivity index (χ4n) is 8.03. The molecule has 6 saturated carbocycles. The van der Waals surface area contributed by atoms with Crippen LogP contribution in [0.1, 0.15) is 67.2 Å². The van der Waals surface area contributed by atoms with Crippen molar-refractivity contribution in [1.82, 2.24) is 0 Å². The predicted octanol–water partition coefficient (Wildman–Crippen LogP) is 3.52. The maximum absolute atomic E-state index is 6.60. The summed E-state index contributed by atoms with van der Waals surface area (Å²) in [4.78, 5) is 0. The van der Waals surface area contributed by atoms with Gasteiger partial charge in [0.1, 0.15) is 0 Å². The van der Waals surface area contributed by atoms with Crippen molar-refractivity contribution in [3.63, 3.8) is 0 Å². The Kier molecular flexibility index (Phi) is 2.97. The lowest BCUT2D eigenvalue weighted by Crippen LogP contribution is -2.65. The van der Waals surface area contributed by atoms with E-state index in [1.807, 2.05) is 0 Å². The van der Waals surface area contributed by atoms with Gasteiger partial charge in [-0.25, -0.2) is 0 Å². The zero-order valence-corrected chi connectivity index (χ0v) is 17.1. The molecule has 142 valence electrons. The van der Waals surface area contributed by atoms with E-state index in [0.717, 1.165) is 24.7 Å². The van der Waals surface area contributed by atoms with Crippen molar-refractivity contribution >= 4 is 14.0 Å². The van der Waals surface area contributed by atoms with Crippen LogP contribution in [0.15, 0.2) is 0 Å². The van der Waals surface area contributed by atoms with Crippen LogP contribution in [-0.4, -0.2) is 37.4 Å². The zero-order chi connectivity index (χ0) is 18.3. The van der Waals surface area contributed by atoms with E-state index in [-0.39, 0.29) is 37.4 Å². The first-order valence-corrected chi connectivity index (χ1v) is 10.7. The van der Waals surface area contributed by atoms with E-state index in [1.165, 1.54) is 12.8 Å². The van der Waals surface area contributed by atoms with E-state index in [9.17, 15) is 0 Å². The highest BCUT2D eigenvalue weighted by Crippen LogP contribution is 2.67. The van der Waals surface area contributed by atoms with Crippen LogP contribution in [0.3, 0.4) is 0 Å². The lowest BCUT2D eigenvalue weighted by molar-refractivity contribution is -0.200. The number of hydrogen-bond acceptors (Lipinski definition) is 4. The van der Waals surface area contributed by atoms with Crippen molar-refractivity contribution in [1.29, 1.82) is 0 Å². The van der Waals surface area contributed by atoms with Gasteiger partial charge >= 0.3 is 14.0 Å². The standard InChI is InChI=1S/C20H32B2O4/c1-17(2)11-7-13(17)19(5)15(9-11)23-21(25-19)22-24-16-10-12-8-14(18(12,3)4)20(16,6)26-22/h11-16H,7-10H2,1-6H3/t11-,12-,13-,14-,15+,16+,19-,20-/m1/s1. The summed E-state index contributed by atoms with van der Waals surface area (Å²) >= 11 is 0. The van der Waals surface area contributed by atoms with Crippen molar-refractivity contribution in [2.45, 2.75) is 90.6 Å². The molecular weight excluding hydrogens is 326 g/mol. The van der Waals surface area contributed by atoms with Crippen molar-refractivity contribution in [2.75, 3.05) is 0 Å². The SMILES string of the molecule is CC1(C)[C@H]2C[C@@H]3OB(B4O[C@H]5C[C@H]6C[C@H](C6(C)C)[C@@]5(C)O4)O[C@]3(C)[C@@H]1C2. The molecular formula is C20H32B2O4. The molecule has 6 aliphatic carbocycles. The molecule has 2 heterocycles. The summed E-state index contributed by atoms with van der Waals surface area (Å²) in [7, 11) is -0.745. The van der Waals surface area contributed by atoms with Gasteiger partial charge in [0.15, 0.2) is 0 Å². The van der Waals surface area contributed by atoms with E-state index in [1.54, 1.807) is 0 Å². The van der Waals surface area contributed by atoms with Gasteiger partial charge in [-0.2, -0.15) is 0 Å². The second-order valence-corrected chi connectivity index (χ2v) is 11.7. The highest BCUT2D eigenvalue weighted by atomic mass is 16.7. The first-order chi connectivity index (χ1) is 12.1. The molecule has 0 aromatic heterocycles. The molecule has 8 fully saturated rings. The molecule has 2 aliphatic heterocycles. The molecule has 0 unspecified atom stereocenters. The Bertz CT molecular complexity index is 612.